The minimum absolute atomic E-state index is 0.317. The van der Waals surface area contributed by atoms with Gasteiger partial charge in [-0.2, -0.15) is 0 Å². The van der Waals surface area contributed by atoms with E-state index in [-0.39, 0.29) is 0 Å². The van der Waals surface area contributed by atoms with Crippen molar-refractivity contribution in [2.45, 2.75) is 38.0 Å². The summed E-state index contributed by atoms with van der Waals surface area (Å²) in [5.74, 6) is 1.57. The first kappa shape index (κ1) is 14.7. The van der Waals surface area contributed by atoms with Crippen molar-refractivity contribution in [1.82, 2.24) is 0 Å². The number of rotatable bonds is 3. The van der Waals surface area contributed by atoms with Crippen LogP contribution in [0.4, 0.5) is 0 Å². The fraction of sp³-hybridized carbons (Fsp3) is 0.300. The molecular weight excluding hydrogens is 272 g/mol. The van der Waals surface area contributed by atoms with Crippen molar-refractivity contribution in [2.75, 3.05) is 0 Å². The minimum Gasteiger partial charge on any atom is -0.508 e. The van der Waals surface area contributed by atoms with Crippen LogP contribution in [0.15, 0.2) is 54.6 Å². The highest BCUT2D eigenvalue weighted by Gasteiger charge is 2.19. The number of hydrogen-bond acceptors (Lipinski definition) is 2. The maximum Gasteiger partial charge on any atom is 0.118 e. The van der Waals surface area contributed by atoms with Crippen molar-refractivity contribution in [1.29, 1.82) is 0 Å². The molecule has 0 bridgehead atoms. The highest BCUT2D eigenvalue weighted by Crippen LogP contribution is 2.36. The van der Waals surface area contributed by atoms with Crippen LogP contribution in [0.2, 0.25) is 0 Å². The standard InChI is InChI=1S/C20H22O2/c1-2-14-13-18(9-12-20(14)22)17-5-3-15(4-6-17)16-7-10-19(21)11-8-16/h3,5,7-13,15,17,21-22H,2,4,6H2,1H3. The average Bonchev–Trinajstić information content (AvgIpc) is 2.56. The summed E-state index contributed by atoms with van der Waals surface area (Å²) in [4.78, 5) is 0. The number of benzene rings is 2. The Balaban J connectivity index is 1.77. The van der Waals surface area contributed by atoms with E-state index in [4.69, 9.17) is 0 Å². The number of aromatic hydroxyl groups is 2. The fourth-order valence-electron chi connectivity index (χ4n) is 3.22. The third-order valence-electron chi connectivity index (χ3n) is 4.60. The largest absolute Gasteiger partial charge is 0.508 e. The molecule has 0 spiro atoms. The summed E-state index contributed by atoms with van der Waals surface area (Å²) in [7, 11) is 0. The summed E-state index contributed by atoms with van der Waals surface area (Å²) in [6, 6.07) is 13.5. The Hall–Kier alpha value is -2.22. The summed E-state index contributed by atoms with van der Waals surface area (Å²) in [6.45, 7) is 2.07. The lowest BCUT2D eigenvalue weighted by Crippen LogP contribution is -2.07. The molecule has 3 rings (SSSR count). The van der Waals surface area contributed by atoms with Crippen molar-refractivity contribution in [3.63, 3.8) is 0 Å². The van der Waals surface area contributed by atoms with Crippen LogP contribution >= 0.6 is 0 Å². The van der Waals surface area contributed by atoms with Crippen molar-refractivity contribution in [3.05, 3.63) is 71.3 Å². The summed E-state index contributed by atoms with van der Waals surface area (Å²) in [5, 5.41) is 19.2. The molecule has 0 saturated carbocycles. The van der Waals surface area contributed by atoms with Gasteiger partial charge in [-0.25, -0.2) is 0 Å². The van der Waals surface area contributed by atoms with Crippen LogP contribution in [0.5, 0.6) is 11.5 Å². The van der Waals surface area contributed by atoms with E-state index < -0.39 is 0 Å². The molecule has 2 atom stereocenters. The molecule has 1 aliphatic rings. The van der Waals surface area contributed by atoms with E-state index in [1.165, 1.54) is 11.1 Å². The number of phenols is 2. The summed E-state index contributed by atoms with van der Waals surface area (Å²) in [5.41, 5.74) is 3.56. The van der Waals surface area contributed by atoms with Gasteiger partial charge in [-0.05, 0) is 54.2 Å². The molecule has 114 valence electrons. The van der Waals surface area contributed by atoms with Crippen LogP contribution in [-0.2, 0) is 6.42 Å². The van der Waals surface area contributed by atoms with Crippen LogP contribution < -0.4 is 0 Å². The third kappa shape index (κ3) is 3.01. The molecule has 2 nitrogen and oxygen atoms in total. The predicted octanol–water partition coefficient (Wildman–Crippen LogP) is 4.88. The van der Waals surface area contributed by atoms with Gasteiger partial charge in [-0.15, -0.1) is 0 Å². The Kier molecular flexibility index (Phi) is 4.19. The van der Waals surface area contributed by atoms with E-state index in [0.717, 1.165) is 24.8 Å². The third-order valence-corrected chi connectivity index (χ3v) is 4.60. The zero-order valence-electron chi connectivity index (χ0n) is 12.9. The number of allylic oxidation sites excluding steroid dienone is 2. The molecule has 2 N–H and O–H groups in total. The first-order chi connectivity index (χ1) is 10.7. The summed E-state index contributed by atoms with van der Waals surface area (Å²) in [6.07, 6.45) is 7.63. The molecule has 0 heterocycles. The second-order valence-corrected chi connectivity index (χ2v) is 6.01. The Bertz CT molecular complexity index is 671. The summed E-state index contributed by atoms with van der Waals surface area (Å²) >= 11 is 0. The van der Waals surface area contributed by atoms with Crippen molar-refractivity contribution >= 4 is 0 Å². The van der Waals surface area contributed by atoms with Gasteiger partial charge in [-0.1, -0.05) is 43.3 Å². The van der Waals surface area contributed by atoms with Gasteiger partial charge >= 0.3 is 0 Å². The SMILES string of the molecule is CCc1cc(C2C=CC(c3ccc(O)cc3)CC2)ccc1O. The molecule has 0 amide bonds. The molecule has 0 aromatic heterocycles. The molecule has 2 unspecified atom stereocenters. The van der Waals surface area contributed by atoms with Crippen LogP contribution in [0.3, 0.4) is 0 Å². The van der Waals surface area contributed by atoms with Gasteiger partial charge in [0, 0.05) is 11.8 Å². The molecule has 2 aromatic carbocycles. The van der Waals surface area contributed by atoms with Gasteiger partial charge in [0.1, 0.15) is 11.5 Å². The lowest BCUT2D eigenvalue weighted by Gasteiger charge is -2.24. The van der Waals surface area contributed by atoms with E-state index >= 15 is 0 Å². The molecule has 2 aromatic rings. The second kappa shape index (κ2) is 6.27. The van der Waals surface area contributed by atoms with Crippen LogP contribution in [0.1, 0.15) is 48.3 Å². The summed E-state index contributed by atoms with van der Waals surface area (Å²) < 4.78 is 0. The zero-order chi connectivity index (χ0) is 15.5. The van der Waals surface area contributed by atoms with Crippen LogP contribution in [0.25, 0.3) is 0 Å². The zero-order valence-corrected chi connectivity index (χ0v) is 12.9. The van der Waals surface area contributed by atoms with Gasteiger partial charge in [0.2, 0.25) is 0 Å². The quantitative estimate of drug-likeness (QED) is 0.792. The Labute approximate surface area is 131 Å². The Morgan fingerprint density at radius 2 is 1.45 bits per heavy atom. The van der Waals surface area contributed by atoms with E-state index in [0.29, 0.717) is 23.3 Å². The van der Waals surface area contributed by atoms with Crippen molar-refractivity contribution < 1.29 is 10.2 Å². The molecular formula is C20H22O2. The second-order valence-electron chi connectivity index (χ2n) is 6.01. The van der Waals surface area contributed by atoms with Crippen LogP contribution in [-0.4, -0.2) is 10.2 Å². The van der Waals surface area contributed by atoms with Gasteiger partial charge < -0.3 is 10.2 Å². The van der Waals surface area contributed by atoms with E-state index in [9.17, 15) is 10.2 Å². The average molecular weight is 294 g/mol. The topological polar surface area (TPSA) is 40.5 Å². The molecule has 22 heavy (non-hydrogen) atoms. The highest BCUT2D eigenvalue weighted by atomic mass is 16.3. The Morgan fingerprint density at radius 3 is 2.05 bits per heavy atom. The number of aryl methyl sites for hydroxylation is 1. The van der Waals surface area contributed by atoms with Gasteiger partial charge in [0.15, 0.2) is 0 Å². The van der Waals surface area contributed by atoms with Crippen molar-refractivity contribution in [3.8, 4) is 11.5 Å². The highest BCUT2D eigenvalue weighted by molar-refractivity contribution is 5.40. The predicted molar refractivity (Wildman–Crippen MR) is 89.4 cm³/mol. The maximum atomic E-state index is 9.81. The van der Waals surface area contributed by atoms with E-state index in [1.807, 2.05) is 24.3 Å². The smallest absolute Gasteiger partial charge is 0.118 e. The molecule has 0 fully saturated rings. The van der Waals surface area contributed by atoms with Crippen LogP contribution in [0, 0.1) is 0 Å². The van der Waals surface area contributed by atoms with Gasteiger partial charge in [-0.3, -0.25) is 0 Å². The molecule has 1 aliphatic carbocycles. The lowest BCUT2D eigenvalue weighted by molar-refractivity contribution is 0.468. The van der Waals surface area contributed by atoms with Gasteiger partial charge in [0.05, 0.1) is 0 Å². The maximum absolute atomic E-state index is 9.81. The number of hydrogen-bond donors (Lipinski definition) is 2. The van der Waals surface area contributed by atoms with Crippen molar-refractivity contribution in [2.24, 2.45) is 0 Å². The molecule has 0 aliphatic heterocycles. The van der Waals surface area contributed by atoms with E-state index in [2.05, 4.69) is 25.1 Å². The number of phenolic OH excluding ortho intramolecular Hbond substituents is 2. The monoisotopic (exact) mass is 294 g/mol. The molecule has 2 heteroatoms. The molecule has 0 saturated heterocycles. The fourth-order valence-corrected chi connectivity index (χ4v) is 3.22. The molecule has 0 radical (unpaired) electrons. The van der Waals surface area contributed by atoms with E-state index in [1.54, 1.807) is 12.1 Å². The normalized spacial score (nSPS) is 21.0. The lowest BCUT2D eigenvalue weighted by atomic mass is 9.81. The minimum atomic E-state index is 0.317. The Morgan fingerprint density at radius 1 is 0.864 bits per heavy atom. The first-order valence-electron chi connectivity index (χ1n) is 7.96. The first-order valence-corrected chi connectivity index (χ1v) is 7.96. The van der Waals surface area contributed by atoms with Gasteiger partial charge in [0.25, 0.3) is 0 Å².